The Hall–Kier alpha value is -7.02. The summed E-state index contributed by atoms with van der Waals surface area (Å²) in [5.74, 6) is -0.457. The van der Waals surface area contributed by atoms with Gasteiger partial charge in [0.2, 0.25) is 0 Å². The van der Waals surface area contributed by atoms with Crippen LogP contribution in [0.25, 0.3) is 11.1 Å². The molecule has 14 nitrogen and oxygen atoms in total. The zero-order valence-electron chi connectivity index (χ0n) is 38.3. The molecule has 2 aromatic heterocycles. The van der Waals surface area contributed by atoms with Crippen molar-refractivity contribution in [1.29, 1.82) is 5.26 Å². The van der Waals surface area contributed by atoms with Crippen molar-refractivity contribution in [2.24, 2.45) is 16.8 Å². The number of aromatic nitrogens is 2. The number of halogens is 2. The van der Waals surface area contributed by atoms with Gasteiger partial charge in [-0.3, -0.25) is 34.3 Å². The first-order chi connectivity index (χ1) is 33.3. The number of carboxylic acids is 2. The van der Waals surface area contributed by atoms with Crippen LogP contribution in [0, 0.1) is 37.0 Å². The van der Waals surface area contributed by atoms with Gasteiger partial charge in [-0.05, 0) is 71.5 Å². The number of likely N-dealkylation sites (tertiary alicyclic amines) is 2. The van der Waals surface area contributed by atoms with Gasteiger partial charge in [0.05, 0.1) is 27.4 Å². The van der Waals surface area contributed by atoms with Gasteiger partial charge >= 0.3 is 11.9 Å². The molecule has 0 atom stereocenters. The molecule has 0 unspecified atom stereocenters. The van der Waals surface area contributed by atoms with Crippen LogP contribution in [-0.2, 0) is 49.1 Å². The Labute approximate surface area is 410 Å². The number of nitriles is 1. The molecule has 0 spiro atoms. The molecule has 0 aliphatic carbocycles. The highest BCUT2D eigenvalue weighted by atomic mass is 35.5. The topological polar surface area (TPSA) is 180 Å². The third kappa shape index (κ3) is 11.8. The largest absolute Gasteiger partial charge is 0.488 e. The van der Waals surface area contributed by atoms with Crippen LogP contribution in [0.1, 0.15) is 55.6 Å². The molecule has 8 rings (SSSR count). The van der Waals surface area contributed by atoms with Crippen LogP contribution in [0.15, 0.2) is 103 Å². The minimum Gasteiger partial charge on any atom is -0.488 e. The predicted molar refractivity (Wildman–Crippen MR) is 261 cm³/mol. The maximum atomic E-state index is 11.5. The molecule has 4 heterocycles. The standard InChI is InChI=1S/C53H50Cl2N6O8/c1-32-38(30-68-50-14-48(66-28-36-10-34(16-56)18-58-20-36)40(12-46(50)54)22-60-24-42(25-60)52(62)63)6-4-8-44(32)45-9-5-7-39(33(45)2)31-69-51-15-49(67-29-37-11-35(17-57-3)19-59-21-37)41(13-47(51)55)23-61-26-43(27-61)53(64)65/h4-15,17-21,42-43H,22-31H2,1-3H3,(H,62,63)(H,64,65). The number of hydrogen-bond donors (Lipinski definition) is 2. The second-order valence-electron chi connectivity index (χ2n) is 17.3. The van der Waals surface area contributed by atoms with Crippen molar-refractivity contribution >= 4 is 41.4 Å². The van der Waals surface area contributed by atoms with Crippen molar-refractivity contribution in [3.05, 3.63) is 163 Å². The zero-order chi connectivity index (χ0) is 48.6. The normalized spacial score (nSPS) is 14.2. The average Bonchev–Trinajstić information content (AvgIpc) is 3.30. The molecule has 0 radical (unpaired) electrons. The molecule has 16 heteroatoms. The molecular weight excluding hydrogens is 920 g/mol. The lowest BCUT2D eigenvalue weighted by Crippen LogP contribution is -2.49. The number of ether oxygens (including phenoxy) is 4. The van der Waals surface area contributed by atoms with E-state index in [0.29, 0.717) is 77.9 Å². The van der Waals surface area contributed by atoms with Crippen LogP contribution in [0.2, 0.25) is 10.0 Å². The maximum absolute atomic E-state index is 11.5. The smallest absolute Gasteiger partial charge is 0.309 e. The minimum atomic E-state index is -0.815. The Balaban J connectivity index is 0.979. The maximum Gasteiger partial charge on any atom is 0.309 e. The van der Waals surface area contributed by atoms with Gasteiger partial charge in [0.15, 0.2) is 0 Å². The van der Waals surface area contributed by atoms with Crippen LogP contribution >= 0.6 is 23.2 Å². The van der Waals surface area contributed by atoms with Gasteiger partial charge in [0.1, 0.15) is 55.5 Å². The molecule has 69 heavy (non-hydrogen) atoms. The molecule has 0 bridgehead atoms. The number of benzene rings is 4. The van der Waals surface area contributed by atoms with E-state index < -0.39 is 23.8 Å². The summed E-state index contributed by atoms with van der Waals surface area (Å²) in [4.78, 5) is 39.6. The molecule has 2 N–H and O–H groups in total. The molecule has 2 aliphatic rings. The molecule has 4 aromatic carbocycles. The number of carboxylic acid groups (broad SMARTS) is 2. The molecule has 2 aliphatic heterocycles. The van der Waals surface area contributed by atoms with Crippen molar-refractivity contribution in [1.82, 2.24) is 19.8 Å². The number of rotatable bonds is 20. The summed E-state index contributed by atoms with van der Waals surface area (Å²) in [5.41, 5.74) is 10.5. The molecule has 6 aromatic rings. The van der Waals surface area contributed by atoms with Gasteiger partial charge in [-0.1, -0.05) is 59.6 Å². The number of aliphatic imine (C=N–C) groups is 1. The zero-order valence-corrected chi connectivity index (χ0v) is 39.8. The van der Waals surface area contributed by atoms with Crippen molar-refractivity contribution in [2.75, 3.05) is 33.2 Å². The highest BCUT2D eigenvalue weighted by molar-refractivity contribution is 6.32. The van der Waals surface area contributed by atoms with Gasteiger partial charge in [0, 0.05) is 117 Å². The first-order valence-corrected chi connectivity index (χ1v) is 23.0. The van der Waals surface area contributed by atoms with Crippen LogP contribution in [0.5, 0.6) is 23.0 Å². The first kappa shape index (κ1) is 48.4. The quantitative estimate of drug-likeness (QED) is 0.0692. The fraction of sp³-hybridized carbons (Fsp3) is 0.283. The number of aliphatic carboxylic acids is 2. The lowest BCUT2D eigenvalue weighted by atomic mass is 9.92. The predicted octanol–water partition coefficient (Wildman–Crippen LogP) is 9.34. The molecule has 0 amide bonds. The van der Waals surface area contributed by atoms with E-state index in [1.807, 2.05) is 46.2 Å². The van der Waals surface area contributed by atoms with Gasteiger partial charge < -0.3 is 29.2 Å². The molecule has 2 fully saturated rings. The van der Waals surface area contributed by atoms with Crippen LogP contribution in [0.3, 0.4) is 0 Å². The third-order valence-electron chi connectivity index (χ3n) is 12.4. The first-order valence-electron chi connectivity index (χ1n) is 22.3. The lowest BCUT2D eigenvalue weighted by Gasteiger charge is -2.37. The molecular formula is C53H50Cl2N6O8. The summed E-state index contributed by atoms with van der Waals surface area (Å²) in [7, 11) is 1.70. The van der Waals surface area contributed by atoms with E-state index in [1.165, 1.54) is 6.20 Å². The fourth-order valence-electron chi connectivity index (χ4n) is 8.41. The van der Waals surface area contributed by atoms with Crippen molar-refractivity contribution < 1.29 is 38.7 Å². The van der Waals surface area contributed by atoms with Gasteiger partial charge in [-0.2, -0.15) is 5.26 Å². The molecule has 354 valence electrons. The Bertz CT molecular complexity index is 2950. The summed E-state index contributed by atoms with van der Waals surface area (Å²) in [6.07, 6.45) is 8.33. The van der Waals surface area contributed by atoms with Crippen LogP contribution in [0.4, 0.5) is 0 Å². The van der Waals surface area contributed by atoms with E-state index in [2.05, 4.69) is 47.0 Å². The van der Waals surface area contributed by atoms with Gasteiger partial charge in [-0.25, -0.2) is 0 Å². The van der Waals surface area contributed by atoms with Crippen molar-refractivity contribution in [3.63, 3.8) is 0 Å². The minimum absolute atomic E-state index is 0.147. The Kier molecular flexibility index (Phi) is 15.4. The van der Waals surface area contributed by atoms with E-state index in [0.717, 1.165) is 61.2 Å². The highest BCUT2D eigenvalue weighted by Gasteiger charge is 2.34. The van der Waals surface area contributed by atoms with Crippen LogP contribution in [-0.4, -0.2) is 81.4 Å². The third-order valence-corrected chi connectivity index (χ3v) is 13.0. The second kappa shape index (κ2) is 21.9. The molecule has 2 saturated heterocycles. The van der Waals surface area contributed by atoms with Gasteiger partial charge in [-0.15, -0.1) is 0 Å². The van der Waals surface area contributed by atoms with E-state index in [9.17, 15) is 25.1 Å². The molecule has 0 saturated carbocycles. The monoisotopic (exact) mass is 968 g/mol. The summed E-state index contributed by atoms with van der Waals surface area (Å²) >= 11 is 13.7. The number of pyridine rings is 2. The number of carbonyl (C=O) groups is 2. The Morgan fingerprint density at radius 2 is 1.13 bits per heavy atom. The Morgan fingerprint density at radius 3 is 1.59 bits per heavy atom. The Morgan fingerprint density at radius 1 is 0.667 bits per heavy atom. The second-order valence-corrected chi connectivity index (χ2v) is 18.1. The number of nitrogens with zero attached hydrogens (tertiary/aromatic N) is 6. The average molecular weight is 970 g/mol. The van der Waals surface area contributed by atoms with Crippen molar-refractivity contribution in [3.8, 4) is 40.2 Å². The van der Waals surface area contributed by atoms with Crippen LogP contribution < -0.4 is 18.9 Å². The van der Waals surface area contributed by atoms with E-state index >= 15 is 0 Å². The lowest BCUT2D eigenvalue weighted by molar-refractivity contribution is -0.148. The summed E-state index contributed by atoms with van der Waals surface area (Å²) in [5, 5.41) is 29.0. The van der Waals surface area contributed by atoms with Crippen molar-refractivity contribution in [2.45, 2.75) is 53.4 Å². The van der Waals surface area contributed by atoms with E-state index in [1.54, 1.807) is 56.1 Å². The summed E-state index contributed by atoms with van der Waals surface area (Å²) in [6.45, 7) is 7.59. The summed E-state index contributed by atoms with van der Waals surface area (Å²) < 4.78 is 25.5. The van der Waals surface area contributed by atoms with Gasteiger partial charge in [0.25, 0.3) is 0 Å². The van der Waals surface area contributed by atoms with E-state index in [-0.39, 0.29) is 26.4 Å². The number of hydrogen-bond acceptors (Lipinski definition) is 12. The van der Waals surface area contributed by atoms with E-state index in [4.69, 9.17) is 42.1 Å². The SMILES string of the molecule is CN=Cc1cncc(COc2cc(OCc3cccc(-c4cccc(COc5cc(OCc6cncc(C#N)c6)c(CN6CC(C(=O)O)C6)cc5Cl)c4C)c3C)c(Cl)cc2CN2CC(C(=O)O)C2)c1. The summed E-state index contributed by atoms with van der Waals surface area (Å²) in [6, 6.07) is 25.2. The fourth-order valence-corrected chi connectivity index (χ4v) is 8.89. The highest BCUT2D eigenvalue weighted by Crippen LogP contribution is 2.39.